The molecule has 0 bridgehead atoms. The Morgan fingerprint density at radius 3 is 2.16 bits per heavy atom. The lowest BCUT2D eigenvalue weighted by atomic mass is 9.89. The Morgan fingerprint density at radius 1 is 1.04 bits per heavy atom. The van der Waals surface area contributed by atoms with Gasteiger partial charge in [0, 0.05) is 13.6 Å². The largest absolute Gasteiger partial charge is 0.468 e. The van der Waals surface area contributed by atoms with Gasteiger partial charge in [0.25, 0.3) is 0 Å². The van der Waals surface area contributed by atoms with Crippen LogP contribution in [0.15, 0.2) is 45.6 Å². The highest BCUT2D eigenvalue weighted by atomic mass is 16.3. The van der Waals surface area contributed by atoms with Crippen molar-refractivity contribution in [2.75, 3.05) is 20.1 Å². The van der Waals surface area contributed by atoms with Crippen molar-refractivity contribution in [3.63, 3.8) is 0 Å². The lowest BCUT2D eigenvalue weighted by Gasteiger charge is -2.29. The van der Waals surface area contributed by atoms with Gasteiger partial charge in [-0.2, -0.15) is 0 Å². The minimum absolute atomic E-state index is 0.156. The van der Waals surface area contributed by atoms with Gasteiger partial charge in [-0.15, -0.1) is 0 Å². The second-order valence-electron chi connectivity index (χ2n) is 7.08. The molecule has 2 aromatic heterocycles. The van der Waals surface area contributed by atoms with Crippen molar-refractivity contribution in [2.45, 2.75) is 45.2 Å². The highest BCUT2D eigenvalue weighted by Crippen LogP contribution is 2.24. The Labute approximate surface area is 149 Å². The second-order valence-corrected chi connectivity index (χ2v) is 7.08. The number of rotatable bonds is 8. The van der Waals surface area contributed by atoms with Gasteiger partial charge in [0.2, 0.25) is 5.91 Å². The van der Waals surface area contributed by atoms with Gasteiger partial charge < -0.3 is 13.7 Å². The van der Waals surface area contributed by atoms with E-state index in [0.29, 0.717) is 25.6 Å². The first-order chi connectivity index (χ1) is 12.2. The Hall–Kier alpha value is -2.01. The van der Waals surface area contributed by atoms with Crippen LogP contribution in [-0.4, -0.2) is 35.8 Å². The third-order valence-electron chi connectivity index (χ3n) is 4.96. The van der Waals surface area contributed by atoms with Crippen LogP contribution in [-0.2, 0) is 17.9 Å². The maximum atomic E-state index is 12.7. The fourth-order valence-electron chi connectivity index (χ4n) is 3.58. The average molecular weight is 344 g/mol. The van der Waals surface area contributed by atoms with Crippen molar-refractivity contribution in [2.24, 2.45) is 5.92 Å². The van der Waals surface area contributed by atoms with E-state index in [4.69, 9.17) is 8.83 Å². The second kappa shape index (κ2) is 8.90. The lowest BCUT2D eigenvalue weighted by Crippen LogP contribution is -2.40. The van der Waals surface area contributed by atoms with Gasteiger partial charge in [-0.25, -0.2) is 0 Å². The van der Waals surface area contributed by atoms with Crippen LogP contribution in [0.3, 0.4) is 0 Å². The Kier molecular flexibility index (Phi) is 6.34. The molecule has 0 aliphatic heterocycles. The van der Waals surface area contributed by atoms with E-state index in [1.807, 2.05) is 36.2 Å². The van der Waals surface area contributed by atoms with Crippen LogP contribution in [0.4, 0.5) is 0 Å². The van der Waals surface area contributed by atoms with Gasteiger partial charge in [0.05, 0.1) is 32.2 Å². The number of hydrogen-bond acceptors (Lipinski definition) is 4. The molecule has 0 spiro atoms. The van der Waals surface area contributed by atoms with E-state index in [0.717, 1.165) is 18.1 Å². The molecule has 0 aromatic carbocycles. The third-order valence-corrected chi connectivity index (χ3v) is 4.96. The molecule has 1 aliphatic carbocycles. The molecule has 0 atom stereocenters. The monoisotopic (exact) mass is 344 g/mol. The molecule has 0 unspecified atom stereocenters. The molecule has 5 nitrogen and oxygen atoms in total. The predicted molar refractivity (Wildman–Crippen MR) is 95.7 cm³/mol. The van der Waals surface area contributed by atoms with E-state index in [-0.39, 0.29) is 5.91 Å². The fourth-order valence-corrected chi connectivity index (χ4v) is 3.58. The number of carbonyl (C=O) groups is 1. The smallest absolute Gasteiger partial charge is 0.236 e. The zero-order valence-corrected chi connectivity index (χ0v) is 15.0. The van der Waals surface area contributed by atoms with Gasteiger partial charge in [-0.05, 0) is 43.0 Å². The predicted octanol–water partition coefficient (Wildman–Crippen LogP) is 3.91. The number of amides is 1. The van der Waals surface area contributed by atoms with Crippen molar-refractivity contribution < 1.29 is 13.6 Å². The highest BCUT2D eigenvalue weighted by molar-refractivity contribution is 5.78. The summed E-state index contributed by atoms with van der Waals surface area (Å²) in [4.78, 5) is 16.7. The van der Waals surface area contributed by atoms with Crippen molar-refractivity contribution >= 4 is 5.91 Å². The quantitative estimate of drug-likeness (QED) is 0.728. The maximum absolute atomic E-state index is 12.7. The van der Waals surface area contributed by atoms with E-state index >= 15 is 0 Å². The standard InChI is InChI=1S/C20H28N2O3/c1-21(13-17-7-3-2-4-8-17)20(23)16-22(14-18-9-5-11-24-18)15-19-10-6-12-25-19/h5-6,9-12,17H,2-4,7-8,13-16H2,1H3. The summed E-state index contributed by atoms with van der Waals surface area (Å²) >= 11 is 0. The Balaban J connectivity index is 1.56. The van der Waals surface area contributed by atoms with Crippen LogP contribution in [0.25, 0.3) is 0 Å². The first-order valence-electron chi connectivity index (χ1n) is 9.22. The molecule has 2 heterocycles. The first-order valence-corrected chi connectivity index (χ1v) is 9.22. The van der Waals surface area contributed by atoms with E-state index in [2.05, 4.69) is 4.90 Å². The minimum Gasteiger partial charge on any atom is -0.468 e. The molecule has 0 N–H and O–H groups in total. The summed E-state index contributed by atoms with van der Waals surface area (Å²) in [6.45, 7) is 2.42. The van der Waals surface area contributed by atoms with E-state index in [1.165, 1.54) is 32.1 Å². The van der Waals surface area contributed by atoms with Crippen LogP contribution >= 0.6 is 0 Å². The number of carbonyl (C=O) groups excluding carboxylic acids is 1. The minimum atomic E-state index is 0.156. The molecule has 2 aromatic rings. The lowest BCUT2D eigenvalue weighted by molar-refractivity contribution is -0.132. The fraction of sp³-hybridized carbons (Fsp3) is 0.550. The zero-order chi connectivity index (χ0) is 17.5. The van der Waals surface area contributed by atoms with E-state index in [1.54, 1.807) is 12.5 Å². The summed E-state index contributed by atoms with van der Waals surface area (Å²) in [7, 11) is 1.93. The molecule has 1 saturated carbocycles. The van der Waals surface area contributed by atoms with Crippen LogP contribution in [0.5, 0.6) is 0 Å². The molecular weight excluding hydrogens is 316 g/mol. The summed E-state index contributed by atoms with van der Waals surface area (Å²) in [5.41, 5.74) is 0. The van der Waals surface area contributed by atoms with Gasteiger partial charge in [-0.1, -0.05) is 19.3 Å². The topological polar surface area (TPSA) is 49.8 Å². The molecule has 0 radical (unpaired) electrons. The highest BCUT2D eigenvalue weighted by Gasteiger charge is 2.21. The zero-order valence-electron chi connectivity index (χ0n) is 15.0. The van der Waals surface area contributed by atoms with Gasteiger partial charge in [-0.3, -0.25) is 9.69 Å². The van der Waals surface area contributed by atoms with Crippen LogP contribution in [0.1, 0.15) is 43.6 Å². The molecule has 0 saturated heterocycles. The summed E-state index contributed by atoms with van der Waals surface area (Å²) in [6.07, 6.45) is 9.77. The van der Waals surface area contributed by atoms with E-state index in [9.17, 15) is 4.79 Å². The molecule has 1 amide bonds. The van der Waals surface area contributed by atoms with Gasteiger partial charge >= 0.3 is 0 Å². The molecular formula is C20H28N2O3. The summed E-state index contributed by atoms with van der Waals surface area (Å²) in [6, 6.07) is 7.62. The molecule has 25 heavy (non-hydrogen) atoms. The summed E-state index contributed by atoms with van der Waals surface area (Å²) in [5, 5.41) is 0. The van der Waals surface area contributed by atoms with Crippen LogP contribution in [0.2, 0.25) is 0 Å². The van der Waals surface area contributed by atoms with Gasteiger partial charge in [0.15, 0.2) is 0 Å². The number of likely N-dealkylation sites (N-methyl/N-ethyl adjacent to an activating group) is 1. The number of nitrogens with zero attached hydrogens (tertiary/aromatic N) is 2. The van der Waals surface area contributed by atoms with Crippen molar-refractivity contribution in [1.29, 1.82) is 0 Å². The summed E-state index contributed by atoms with van der Waals surface area (Å²) < 4.78 is 10.9. The maximum Gasteiger partial charge on any atom is 0.236 e. The Morgan fingerprint density at radius 2 is 1.64 bits per heavy atom. The first kappa shape index (κ1) is 17.8. The molecule has 1 fully saturated rings. The third kappa shape index (κ3) is 5.49. The normalized spacial score (nSPS) is 15.6. The van der Waals surface area contributed by atoms with Crippen molar-refractivity contribution in [3.8, 4) is 0 Å². The van der Waals surface area contributed by atoms with Crippen LogP contribution < -0.4 is 0 Å². The number of hydrogen-bond donors (Lipinski definition) is 0. The average Bonchev–Trinajstić information content (AvgIpc) is 3.29. The molecule has 3 rings (SSSR count). The van der Waals surface area contributed by atoms with Crippen molar-refractivity contribution in [3.05, 3.63) is 48.3 Å². The summed E-state index contributed by atoms with van der Waals surface area (Å²) in [5.74, 6) is 2.53. The molecule has 136 valence electrons. The number of furan rings is 2. The van der Waals surface area contributed by atoms with Crippen molar-refractivity contribution in [1.82, 2.24) is 9.80 Å². The van der Waals surface area contributed by atoms with Gasteiger partial charge in [0.1, 0.15) is 11.5 Å². The molecule has 1 aliphatic rings. The van der Waals surface area contributed by atoms with E-state index < -0.39 is 0 Å². The SMILES string of the molecule is CN(CC1CCCCC1)C(=O)CN(Cc1ccco1)Cc1ccco1. The Bertz CT molecular complexity index is 579. The molecule has 5 heteroatoms. The van der Waals surface area contributed by atoms with Crippen LogP contribution in [0, 0.1) is 5.92 Å².